The second-order valence-electron chi connectivity index (χ2n) is 5.19. The summed E-state index contributed by atoms with van der Waals surface area (Å²) in [7, 11) is -3.45. The van der Waals surface area contributed by atoms with Crippen molar-refractivity contribution in [3.05, 3.63) is 35.9 Å². The fraction of sp³-hybridized carbons (Fsp3) is 0.500. The third kappa shape index (κ3) is 3.80. The number of carbonyl (C=O) groups excluding carboxylic acids is 1. The third-order valence-electron chi connectivity index (χ3n) is 3.51. The number of amides is 1. The molecular formula is C14H19NO4S. The molecule has 1 aromatic rings. The lowest BCUT2D eigenvalue weighted by Crippen LogP contribution is -2.29. The molecular weight excluding hydrogens is 278 g/mol. The highest BCUT2D eigenvalue weighted by molar-refractivity contribution is 7.85. The molecule has 1 aromatic carbocycles. The van der Waals surface area contributed by atoms with E-state index in [0.29, 0.717) is 13.0 Å². The molecule has 20 heavy (non-hydrogen) atoms. The molecule has 0 aromatic heterocycles. The summed E-state index contributed by atoms with van der Waals surface area (Å²) in [5.41, 5.74) is 1.07. The van der Waals surface area contributed by atoms with Gasteiger partial charge in [0.1, 0.15) is 0 Å². The highest BCUT2D eigenvalue weighted by Gasteiger charge is 2.33. The minimum absolute atomic E-state index is 0.00747. The van der Waals surface area contributed by atoms with Crippen LogP contribution in [0.1, 0.15) is 24.9 Å². The molecule has 2 rings (SSSR count). The van der Waals surface area contributed by atoms with E-state index in [0.717, 1.165) is 11.8 Å². The fourth-order valence-electron chi connectivity index (χ4n) is 2.43. The van der Waals surface area contributed by atoms with Gasteiger partial charge in [-0.25, -0.2) is 0 Å². The monoisotopic (exact) mass is 297 g/mol. The van der Waals surface area contributed by atoms with Gasteiger partial charge in [0.25, 0.3) is 10.1 Å². The van der Waals surface area contributed by atoms with Crippen molar-refractivity contribution in [2.45, 2.75) is 19.4 Å². The van der Waals surface area contributed by atoms with Gasteiger partial charge in [-0.05, 0) is 12.5 Å². The quantitative estimate of drug-likeness (QED) is 0.774. The lowest BCUT2D eigenvalue weighted by Gasteiger charge is -2.25. The Balaban J connectivity index is 1.99. The number of hydrogen-bond acceptors (Lipinski definition) is 4. The van der Waals surface area contributed by atoms with E-state index < -0.39 is 10.1 Å². The zero-order valence-corrected chi connectivity index (χ0v) is 12.5. The minimum Gasteiger partial charge on any atom is -0.336 e. The molecule has 1 heterocycles. The Bertz CT molecular complexity index is 570. The molecule has 6 heteroatoms. The van der Waals surface area contributed by atoms with Crippen LogP contribution in [0.3, 0.4) is 0 Å². The summed E-state index contributed by atoms with van der Waals surface area (Å²) in [6.07, 6.45) is 1.36. The molecule has 2 atom stereocenters. The molecule has 1 aliphatic heterocycles. The van der Waals surface area contributed by atoms with E-state index in [4.69, 9.17) is 4.18 Å². The van der Waals surface area contributed by atoms with Crippen LogP contribution >= 0.6 is 0 Å². The van der Waals surface area contributed by atoms with Gasteiger partial charge in [0.05, 0.1) is 18.9 Å². The van der Waals surface area contributed by atoms with Crippen LogP contribution in [0.2, 0.25) is 0 Å². The summed E-state index contributed by atoms with van der Waals surface area (Å²) >= 11 is 0. The molecule has 110 valence electrons. The first-order valence-corrected chi connectivity index (χ1v) is 8.37. The first-order chi connectivity index (χ1) is 9.37. The molecule has 1 fully saturated rings. The number of nitrogens with zero attached hydrogens (tertiary/aromatic N) is 1. The summed E-state index contributed by atoms with van der Waals surface area (Å²) in [5, 5.41) is 0. The lowest BCUT2D eigenvalue weighted by molar-refractivity contribution is -0.129. The van der Waals surface area contributed by atoms with Crippen molar-refractivity contribution in [1.82, 2.24) is 4.90 Å². The average Bonchev–Trinajstić information content (AvgIpc) is 2.77. The van der Waals surface area contributed by atoms with Gasteiger partial charge in [0.2, 0.25) is 5.91 Å². The maximum absolute atomic E-state index is 12.0. The average molecular weight is 297 g/mol. The van der Waals surface area contributed by atoms with E-state index in [-0.39, 0.29) is 24.5 Å². The third-order valence-corrected chi connectivity index (χ3v) is 4.07. The van der Waals surface area contributed by atoms with Crippen LogP contribution in [0.25, 0.3) is 0 Å². The van der Waals surface area contributed by atoms with Crippen molar-refractivity contribution in [1.29, 1.82) is 0 Å². The second kappa shape index (κ2) is 5.93. The number of hydrogen-bond donors (Lipinski definition) is 0. The number of rotatable bonds is 5. The van der Waals surface area contributed by atoms with E-state index in [2.05, 4.69) is 0 Å². The van der Waals surface area contributed by atoms with Crippen LogP contribution in [-0.2, 0) is 19.1 Å². The summed E-state index contributed by atoms with van der Waals surface area (Å²) in [4.78, 5) is 13.8. The van der Waals surface area contributed by atoms with E-state index in [1.165, 1.54) is 0 Å². The number of carbonyl (C=O) groups is 1. The zero-order valence-electron chi connectivity index (χ0n) is 11.7. The Morgan fingerprint density at radius 3 is 2.60 bits per heavy atom. The molecule has 1 amide bonds. The van der Waals surface area contributed by atoms with E-state index in [9.17, 15) is 13.2 Å². The minimum atomic E-state index is -3.45. The van der Waals surface area contributed by atoms with Crippen molar-refractivity contribution < 1.29 is 17.4 Å². The lowest BCUT2D eigenvalue weighted by atomic mass is 10.1. The summed E-state index contributed by atoms with van der Waals surface area (Å²) in [5.74, 6) is -0.0214. The first-order valence-electron chi connectivity index (χ1n) is 6.55. The molecule has 0 bridgehead atoms. The van der Waals surface area contributed by atoms with Crippen molar-refractivity contribution in [2.24, 2.45) is 5.92 Å². The molecule has 1 unspecified atom stereocenters. The van der Waals surface area contributed by atoms with Gasteiger partial charge in [-0.1, -0.05) is 30.3 Å². The Kier molecular flexibility index (Phi) is 4.45. The van der Waals surface area contributed by atoms with Gasteiger partial charge in [-0.15, -0.1) is 0 Å². The van der Waals surface area contributed by atoms with Crippen molar-refractivity contribution in [3.63, 3.8) is 0 Å². The standard InChI is InChI=1S/C14H19NO4S/c1-11(13-6-4-3-5-7-13)15-9-12(8-14(15)16)10-19-20(2,17)18/h3-7,11-12H,8-10H2,1-2H3/t11-,12?/m0/s1. The maximum Gasteiger partial charge on any atom is 0.264 e. The van der Waals surface area contributed by atoms with Crippen molar-refractivity contribution in [2.75, 3.05) is 19.4 Å². The molecule has 0 N–H and O–H groups in total. The van der Waals surface area contributed by atoms with Crippen LogP contribution in [0, 0.1) is 5.92 Å². The Morgan fingerprint density at radius 2 is 2.00 bits per heavy atom. The molecule has 1 aliphatic rings. The van der Waals surface area contributed by atoms with E-state index >= 15 is 0 Å². The van der Waals surface area contributed by atoms with E-state index in [1.54, 1.807) is 4.90 Å². The Labute approximate surface area is 119 Å². The van der Waals surface area contributed by atoms with Crippen LogP contribution < -0.4 is 0 Å². The smallest absolute Gasteiger partial charge is 0.264 e. The summed E-state index contributed by atoms with van der Waals surface area (Å²) < 4.78 is 26.8. The van der Waals surface area contributed by atoms with Crippen LogP contribution in [0.5, 0.6) is 0 Å². The van der Waals surface area contributed by atoms with Gasteiger partial charge >= 0.3 is 0 Å². The summed E-state index contributed by atoms with van der Waals surface area (Å²) in [6.45, 7) is 2.58. The van der Waals surface area contributed by atoms with E-state index in [1.807, 2.05) is 37.3 Å². The van der Waals surface area contributed by atoms with Crippen molar-refractivity contribution >= 4 is 16.0 Å². The van der Waals surface area contributed by atoms with Gasteiger partial charge < -0.3 is 4.90 Å². The predicted octanol–water partition coefficient (Wildman–Crippen LogP) is 1.57. The maximum atomic E-state index is 12.0. The Hall–Kier alpha value is -1.40. The highest BCUT2D eigenvalue weighted by Crippen LogP contribution is 2.28. The highest BCUT2D eigenvalue weighted by atomic mass is 32.2. The van der Waals surface area contributed by atoms with Crippen LogP contribution in [0.15, 0.2) is 30.3 Å². The van der Waals surface area contributed by atoms with Gasteiger partial charge in [0, 0.05) is 18.9 Å². The number of benzene rings is 1. The molecule has 0 saturated carbocycles. The van der Waals surface area contributed by atoms with Crippen molar-refractivity contribution in [3.8, 4) is 0 Å². The molecule has 0 spiro atoms. The Morgan fingerprint density at radius 1 is 1.35 bits per heavy atom. The normalized spacial score (nSPS) is 21.2. The van der Waals surface area contributed by atoms with Crippen LogP contribution in [-0.4, -0.2) is 38.6 Å². The van der Waals surface area contributed by atoms with Gasteiger partial charge in [-0.3, -0.25) is 8.98 Å². The summed E-state index contributed by atoms with van der Waals surface area (Å²) in [6, 6.07) is 9.78. The largest absolute Gasteiger partial charge is 0.336 e. The molecule has 0 aliphatic carbocycles. The van der Waals surface area contributed by atoms with Gasteiger partial charge in [0.15, 0.2) is 0 Å². The SMILES string of the molecule is C[C@@H](c1ccccc1)N1CC(COS(C)(=O)=O)CC1=O. The molecule has 5 nitrogen and oxygen atoms in total. The fourth-order valence-corrected chi connectivity index (χ4v) is 2.87. The second-order valence-corrected chi connectivity index (χ2v) is 6.84. The van der Waals surface area contributed by atoms with Crippen LogP contribution in [0.4, 0.5) is 0 Å². The molecule has 0 radical (unpaired) electrons. The predicted molar refractivity (Wildman–Crippen MR) is 75.5 cm³/mol. The number of likely N-dealkylation sites (tertiary alicyclic amines) is 1. The van der Waals surface area contributed by atoms with Gasteiger partial charge in [-0.2, -0.15) is 8.42 Å². The first kappa shape index (κ1) is 15.0. The molecule has 1 saturated heterocycles. The topological polar surface area (TPSA) is 63.7 Å². The zero-order chi connectivity index (χ0) is 14.8.